The number of carboxylic acids is 1. The summed E-state index contributed by atoms with van der Waals surface area (Å²) in [4.78, 5) is 11.0. The van der Waals surface area contributed by atoms with E-state index in [1.807, 2.05) is 0 Å². The number of carboxylic acid groups (broad SMARTS) is 1. The first-order valence-electron chi connectivity index (χ1n) is 3.75. The molecule has 0 radical (unpaired) electrons. The smallest absolute Gasteiger partial charge is 0.342 e. The number of rotatable bonds is 3. The molecule has 5 heteroatoms. The van der Waals surface area contributed by atoms with Crippen LogP contribution < -0.4 is 4.74 Å². The lowest BCUT2D eigenvalue weighted by Gasteiger charge is -2.07. The molecule has 0 bridgehead atoms. The van der Waals surface area contributed by atoms with E-state index in [4.69, 9.17) is 9.84 Å². The van der Waals surface area contributed by atoms with Gasteiger partial charge in [-0.25, -0.2) is 9.18 Å². The third-order valence-corrected chi connectivity index (χ3v) is 2.48. The number of methoxy groups -OCH3 is 1. The van der Waals surface area contributed by atoms with Gasteiger partial charge in [0, 0.05) is 4.90 Å². The molecule has 0 atom stereocenters. The third kappa shape index (κ3) is 1.82. The van der Waals surface area contributed by atoms with Gasteiger partial charge in [0.15, 0.2) is 5.82 Å². The number of hydrogen-bond acceptors (Lipinski definition) is 3. The van der Waals surface area contributed by atoms with Crippen LogP contribution >= 0.6 is 11.8 Å². The van der Waals surface area contributed by atoms with E-state index < -0.39 is 17.3 Å². The number of ether oxygens (including phenoxy) is 1. The second-order valence-electron chi connectivity index (χ2n) is 2.46. The average molecular weight is 216 g/mol. The lowest BCUT2D eigenvalue weighted by atomic mass is 10.2. The van der Waals surface area contributed by atoms with Crippen LogP contribution in [0.5, 0.6) is 5.75 Å². The third-order valence-electron chi connectivity index (χ3n) is 1.72. The molecule has 0 saturated carbocycles. The van der Waals surface area contributed by atoms with Gasteiger partial charge in [0.05, 0.1) is 7.11 Å². The van der Waals surface area contributed by atoms with Crippen LogP contribution in [0.4, 0.5) is 4.39 Å². The minimum absolute atomic E-state index is 0.0350. The van der Waals surface area contributed by atoms with E-state index in [9.17, 15) is 9.18 Å². The van der Waals surface area contributed by atoms with Crippen molar-refractivity contribution in [2.45, 2.75) is 4.90 Å². The summed E-state index contributed by atoms with van der Waals surface area (Å²) in [7, 11) is 1.31. The summed E-state index contributed by atoms with van der Waals surface area (Å²) in [5, 5.41) is 8.77. The van der Waals surface area contributed by atoms with Gasteiger partial charge in [-0.05, 0) is 18.4 Å². The van der Waals surface area contributed by atoms with E-state index in [0.29, 0.717) is 4.90 Å². The standard InChI is InChI=1S/C9H9FO3S/c1-13-5-3-4-6(14-2)8(10)7(5)9(11)12/h3-4H,1-2H3,(H,11,12). The molecule has 0 heterocycles. The topological polar surface area (TPSA) is 46.5 Å². The summed E-state index contributed by atoms with van der Waals surface area (Å²) >= 11 is 1.15. The molecule has 14 heavy (non-hydrogen) atoms. The highest BCUT2D eigenvalue weighted by molar-refractivity contribution is 7.98. The number of hydrogen-bond donors (Lipinski definition) is 1. The molecule has 76 valence electrons. The van der Waals surface area contributed by atoms with Gasteiger partial charge in [-0.3, -0.25) is 0 Å². The molecule has 0 aliphatic carbocycles. The number of halogens is 1. The summed E-state index contributed by atoms with van der Waals surface area (Å²) in [5.74, 6) is -2.03. The zero-order valence-corrected chi connectivity index (χ0v) is 8.52. The van der Waals surface area contributed by atoms with Gasteiger partial charge in [-0.2, -0.15) is 0 Å². The van der Waals surface area contributed by atoms with Crippen molar-refractivity contribution in [3.05, 3.63) is 23.5 Å². The lowest BCUT2D eigenvalue weighted by molar-refractivity contribution is 0.0687. The molecule has 0 unspecified atom stereocenters. The highest BCUT2D eigenvalue weighted by atomic mass is 32.2. The van der Waals surface area contributed by atoms with E-state index in [0.717, 1.165) is 11.8 Å². The van der Waals surface area contributed by atoms with Gasteiger partial charge >= 0.3 is 5.97 Å². The first-order chi connectivity index (χ1) is 6.61. The van der Waals surface area contributed by atoms with Crippen LogP contribution in [0.3, 0.4) is 0 Å². The molecule has 1 aromatic rings. The monoisotopic (exact) mass is 216 g/mol. The number of aromatic carboxylic acids is 1. The summed E-state index contributed by atoms with van der Waals surface area (Å²) in [6, 6.07) is 2.93. The van der Waals surface area contributed by atoms with Crippen LogP contribution in [-0.2, 0) is 0 Å². The molecule has 0 aromatic heterocycles. The van der Waals surface area contributed by atoms with Crippen molar-refractivity contribution >= 4 is 17.7 Å². The maximum atomic E-state index is 13.5. The molecule has 1 N–H and O–H groups in total. The van der Waals surface area contributed by atoms with Crippen molar-refractivity contribution in [2.24, 2.45) is 0 Å². The Morgan fingerprint density at radius 1 is 1.57 bits per heavy atom. The van der Waals surface area contributed by atoms with Crippen LogP contribution in [0, 0.1) is 5.82 Å². The number of thioether (sulfide) groups is 1. The van der Waals surface area contributed by atoms with Crippen molar-refractivity contribution in [2.75, 3.05) is 13.4 Å². The first-order valence-corrected chi connectivity index (χ1v) is 4.98. The van der Waals surface area contributed by atoms with E-state index in [2.05, 4.69) is 0 Å². The predicted octanol–water partition coefficient (Wildman–Crippen LogP) is 2.25. The normalized spacial score (nSPS) is 9.93. The van der Waals surface area contributed by atoms with Gasteiger partial charge < -0.3 is 9.84 Å². The molecule has 1 aromatic carbocycles. The van der Waals surface area contributed by atoms with Gasteiger partial charge in [0.25, 0.3) is 0 Å². The fourth-order valence-electron chi connectivity index (χ4n) is 1.07. The minimum atomic E-state index is -1.32. The Bertz CT molecular complexity index is 365. The van der Waals surface area contributed by atoms with Crippen LogP contribution in [0.2, 0.25) is 0 Å². The molecule has 3 nitrogen and oxygen atoms in total. The molecular formula is C9H9FO3S. The molecule has 0 amide bonds. The first kappa shape index (κ1) is 10.8. The van der Waals surface area contributed by atoms with E-state index in [1.54, 1.807) is 6.26 Å². The van der Waals surface area contributed by atoms with Crippen molar-refractivity contribution in [1.82, 2.24) is 0 Å². The van der Waals surface area contributed by atoms with Gasteiger partial charge in [0.2, 0.25) is 0 Å². The van der Waals surface area contributed by atoms with Crippen molar-refractivity contribution in [3.63, 3.8) is 0 Å². The van der Waals surface area contributed by atoms with Gasteiger partial charge in [-0.1, -0.05) is 0 Å². The van der Waals surface area contributed by atoms with E-state index in [1.165, 1.54) is 19.2 Å². The van der Waals surface area contributed by atoms with Crippen LogP contribution in [0.25, 0.3) is 0 Å². The summed E-state index contributed by atoms with van der Waals surface area (Å²) in [5.41, 5.74) is -0.417. The summed E-state index contributed by atoms with van der Waals surface area (Å²) < 4.78 is 18.2. The predicted molar refractivity (Wildman–Crippen MR) is 51.7 cm³/mol. The van der Waals surface area contributed by atoms with Crippen molar-refractivity contribution in [1.29, 1.82) is 0 Å². The lowest BCUT2D eigenvalue weighted by Crippen LogP contribution is -2.05. The minimum Gasteiger partial charge on any atom is -0.496 e. The molecule has 0 fully saturated rings. The van der Waals surface area contributed by atoms with Crippen LogP contribution in [0.15, 0.2) is 17.0 Å². The van der Waals surface area contributed by atoms with Crippen LogP contribution in [-0.4, -0.2) is 24.4 Å². The zero-order valence-electron chi connectivity index (χ0n) is 7.70. The van der Waals surface area contributed by atoms with E-state index >= 15 is 0 Å². The van der Waals surface area contributed by atoms with Gasteiger partial charge in [0.1, 0.15) is 11.3 Å². The molecule has 0 aliphatic rings. The Morgan fingerprint density at radius 2 is 2.21 bits per heavy atom. The highest BCUT2D eigenvalue weighted by Crippen LogP contribution is 2.28. The number of carbonyl (C=O) groups is 1. The zero-order chi connectivity index (χ0) is 10.7. The highest BCUT2D eigenvalue weighted by Gasteiger charge is 2.19. The Morgan fingerprint density at radius 3 is 2.64 bits per heavy atom. The molecule has 0 aliphatic heterocycles. The molecule has 0 spiro atoms. The fraction of sp³-hybridized carbons (Fsp3) is 0.222. The largest absolute Gasteiger partial charge is 0.496 e. The fourth-order valence-corrected chi connectivity index (χ4v) is 1.55. The van der Waals surface area contributed by atoms with Crippen molar-refractivity contribution in [3.8, 4) is 5.75 Å². The average Bonchev–Trinajstić information content (AvgIpc) is 2.16. The Hall–Kier alpha value is -1.23. The second-order valence-corrected chi connectivity index (χ2v) is 3.31. The van der Waals surface area contributed by atoms with E-state index in [-0.39, 0.29) is 5.75 Å². The molecule has 0 saturated heterocycles. The summed E-state index contributed by atoms with van der Waals surface area (Å²) in [6.45, 7) is 0. The van der Waals surface area contributed by atoms with Crippen LogP contribution in [0.1, 0.15) is 10.4 Å². The molecular weight excluding hydrogens is 207 g/mol. The Balaban J connectivity index is 3.39. The number of benzene rings is 1. The Labute approximate surface area is 84.9 Å². The quantitative estimate of drug-likeness (QED) is 0.787. The Kier molecular flexibility index (Phi) is 3.35. The summed E-state index contributed by atoms with van der Waals surface area (Å²) in [6.07, 6.45) is 1.68. The maximum Gasteiger partial charge on any atom is 0.342 e. The maximum absolute atomic E-state index is 13.5. The second kappa shape index (κ2) is 4.32. The SMILES string of the molecule is COc1ccc(SC)c(F)c1C(=O)O. The van der Waals surface area contributed by atoms with Crippen molar-refractivity contribution < 1.29 is 19.0 Å². The van der Waals surface area contributed by atoms with Gasteiger partial charge in [-0.15, -0.1) is 11.8 Å². The molecule has 1 rings (SSSR count).